The molecule has 0 saturated carbocycles. The van der Waals surface area contributed by atoms with Crippen LogP contribution < -0.4 is 4.90 Å². The van der Waals surface area contributed by atoms with Crippen LogP contribution in [-0.4, -0.2) is 42.1 Å². The number of alkyl halides is 1. The van der Waals surface area contributed by atoms with E-state index in [1.54, 1.807) is 0 Å². The highest BCUT2D eigenvalue weighted by molar-refractivity contribution is 6.32. The molecule has 19 heavy (non-hydrogen) atoms. The fraction of sp³-hybridized carbons (Fsp3) is 0.643. The largest absolute Gasteiger partial charge is 0.355 e. The van der Waals surface area contributed by atoms with Crippen LogP contribution in [0, 0.1) is 0 Å². The highest BCUT2D eigenvalue weighted by Crippen LogP contribution is 2.26. The fourth-order valence-corrected chi connectivity index (χ4v) is 3.60. The minimum atomic E-state index is 0.371. The number of hydrogen-bond donors (Lipinski definition) is 0. The standard InChI is InChI=1S/C14H19Cl2N3/c15-9-13-12(16)4-5-14(17-13)19-8-2-7-18-6-1-3-11(18)10-19/h4-5,11H,1-3,6-10H2. The zero-order valence-electron chi connectivity index (χ0n) is 11.0. The normalized spacial score (nSPS) is 24.3. The molecular weight excluding hydrogens is 281 g/mol. The van der Waals surface area contributed by atoms with Gasteiger partial charge in [0, 0.05) is 25.7 Å². The fourth-order valence-electron chi connectivity index (χ4n) is 3.16. The topological polar surface area (TPSA) is 19.4 Å². The zero-order chi connectivity index (χ0) is 13.2. The summed E-state index contributed by atoms with van der Waals surface area (Å²) in [6, 6.07) is 4.63. The molecule has 3 rings (SSSR count). The Labute approximate surface area is 124 Å². The average Bonchev–Trinajstić information content (AvgIpc) is 2.77. The molecule has 2 aliphatic rings. The van der Waals surface area contributed by atoms with Gasteiger partial charge in [-0.05, 0) is 37.9 Å². The minimum Gasteiger partial charge on any atom is -0.355 e. The molecule has 0 radical (unpaired) electrons. The molecule has 5 heteroatoms. The van der Waals surface area contributed by atoms with Crippen LogP contribution in [0.1, 0.15) is 25.0 Å². The van der Waals surface area contributed by atoms with Crippen molar-refractivity contribution >= 4 is 29.0 Å². The van der Waals surface area contributed by atoms with Crippen molar-refractivity contribution in [2.45, 2.75) is 31.2 Å². The van der Waals surface area contributed by atoms with E-state index in [1.165, 1.54) is 32.4 Å². The van der Waals surface area contributed by atoms with Gasteiger partial charge in [-0.3, -0.25) is 4.90 Å². The Hall–Kier alpha value is -0.510. The molecule has 0 N–H and O–H groups in total. The molecule has 1 aromatic heterocycles. The van der Waals surface area contributed by atoms with Crippen LogP contribution in [0.3, 0.4) is 0 Å². The number of aromatic nitrogens is 1. The lowest BCUT2D eigenvalue weighted by Gasteiger charge is -2.26. The highest BCUT2D eigenvalue weighted by atomic mass is 35.5. The van der Waals surface area contributed by atoms with Crippen LogP contribution in [0.5, 0.6) is 0 Å². The Kier molecular flexibility index (Phi) is 4.15. The summed E-state index contributed by atoms with van der Waals surface area (Å²) < 4.78 is 0. The Bertz CT molecular complexity index is 452. The quantitative estimate of drug-likeness (QED) is 0.782. The van der Waals surface area contributed by atoms with Crippen molar-refractivity contribution in [2.24, 2.45) is 0 Å². The lowest BCUT2D eigenvalue weighted by molar-refractivity contribution is 0.273. The van der Waals surface area contributed by atoms with E-state index in [9.17, 15) is 0 Å². The Morgan fingerprint density at radius 3 is 2.89 bits per heavy atom. The first-order valence-electron chi connectivity index (χ1n) is 6.98. The van der Waals surface area contributed by atoms with Crippen LogP contribution in [0.4, 0.5) is 5.82 Å². The molecule has 2 aliphatic heterocycles. The molecule has 3 nitrogen and oxygen atoms in total. The SMILES string of the molecule is ClCc1nc(N2CCCN3CCCC3C2)ccc1Cl. The summed E-state index contributed by atoms with van der Waals surface area (Å²) in [6.45, 7) is 4.64. The van der Waals surface area contributed by atoms with Gasteiger partial charge in [-0.1, -0.05) is 11.6 Å². The van der Waals surface area contributed by atoms with Crippen molar-refractivity contribution < 1.29 is 0 Å². The van der Waals surface area contributed by atoms with E-state index in [0.29, 0.717) is 16.9 Å². The van der Waals surface area contributed by atoms with Gasteiger partial charge in [0.05, 0.1) is 16.6 Å². The molecule has 0 bridgehead atoms. The van der Waals surface area contributed by atoms with Crippen LogP contribution in [0.25, 0.3) is 0 Å². The zero-order valence-corrected chi connectivity index (χ0v) is 12.5. The number of rotatable bonds is 2. The predicted molar refractivity (Wildman–Crippen MR) is 80.2 cm³/mol. The maximum absolute atomic E-state index is 6.08. The molecule has 0 aliphatic carbocycles. The summed E-state index contributed by atoms with van der Waals surface area (Å²) >= 11 is 12.0. The van der Waals surface area contributed by atoms with E-state index in [1.807, 2.05) is 12.1 Å². The van der Waals surface area contributed by atoms with Crippen molar-refractivity contribution in [3.8, 4) is 0 Å². The summed E-state index contributed by atoms with van der Waals surface area (Å²) in [5, 5.41) is 0.663. The second kappa shape index (κ2) is 5.86. The van der Waals surface area contributed by atoms with Crippen molar-refractivity contribution in [3.63, 3.8) is 0 Å². The van der Waals surface area contributed by atoms with Gasteiger partial charge in [0.15, 0.2) is 0 Å². The Morgan fingerprint density at radius 2 is 2.05 bits per heavy atom. The van der Waals surface area contributed by atoms with Crippen molar-refractivity contribution in [1.82, 2.24) is 9.88 Å². The van der Waals surface area contributed by atoms with Gasteiger partial charge in [-0.25, -0.2) is 4.98 Å². The van der Waals surface area contributed by atoms with Gasteiger partial charge in [-0.2, -0.15) is 0 Å². The van der Waals surface area contributed by atoms with Gasteiger partial charge in [0.1, 0.15) is 5.82 Å². The first-order chi connectivity index (χ1) is 9.28. The van der Waals surface area contributed by atoms with Gasteiger partial charge >= 0.3 is 0 Å². The summed E-state index contributed by atoms with van der Waals surface area (Å²) in [7, 11) is 0. The molecular formula is C14H19Cl2N3. The summed E-state index contributed by atoms with van der Waals surface area (Å²) in [5.41, 5.74) is 0.786. The number of hydrogen-bond acceptors (Lipinski definition) is 3. The van der Waals surface area contributed by atoms with Gasteiger partial charge in [0.25, 0.3) is 0 Å². The molecule has 0 aromatic carbocycles. The lowest BCUT2D eigenvalue weighted by atomic mass is 10.2. The van der Waals surface area contributed by atoms with Crippen molar-refractivity contribution in [3.05, 3.63) is 22.8 Å². The van der Waals surface area contributed by atoms with Crippen molar-refractivity contribution in [1.29, 1.82) is 0 Å². The van der Waals surface area contributed by atoms with Gasteiger partial charge in [0.2, 0.25) is 0 Å². The van der Waals surface area contributed by atoms with Crippen LogP contribution in [0.2, 0.25) is 5.02 Å². The first-order valence-corrected chi connectivity index (χ1v) is 7.89. The smallest absolute Gasteiger partial charge is 0.129 e. The summed E-state index contributed by atoms with van der Waals surface area (Å²) in [6.07, 6.45) is 3.85. The molecule has 1 unspecified atom stereocenters. The maximum atomic E-state index is 6.08. The first kappa shape index (κ1) is 13.5. The minimum absolute atomic E-state index is 0.371. The summed E-state index contributed by atoms with van der Waals surface area (Å²) in [5.74, 6) is 1.39. The highest BCUT2D eigenvalue weighted by Gasteiger charge is 2.29. The average molecular weight is 300 g/mol. The van der Waals surface area contributed by atoms with Crippen LogP contribution in [0.15, 0.2) is 12.1 Å². The van der Waals surface area contributed by atoms with E-state index in [4.69, 9.17) is 23.2 Å². The number of anilines is 1. The van der Waals surface area contributed by atoms with Crippen LogP contribution in [-0.2, 0) is 5.88 Å². The molecule has 2 fully saturated rings. The second-order valence-electron chi connectivity index (χ2n) is 5.36. The molecule has 1 atom stereocenters. The molecule has 0 amide bonds. The Morgan fingerprint density at radius 1 is 1.21 bits per heavy atom. The molecule has 104 valence electrons. The molecule has 0 spiro atoms. The van der Waals surface area contributed by atoms with E-state index >= 15 is 0 Å². The van der Waals surface area contributed by atoms with Gasteiger partial charge in [-0.15, -0.1) is 11.6 Å². The third-order valence-corrected chi connectivity index (χ3v) is 4.76. The van der Waals surface area contributed by atoms with E-state index in [2.05, 4.69) is 14.8 Å². The van der Waals surface area contributed by atoms with E-state index in [0.717, 1.165) is 24.6 Å². The molecule has 1 aromatic rings. The van der Waals surface area contributed by atoms with Gasteiger partial charge < -0.3 is 4.90 Å². The Balaban J connectivity index is 1.80. The lowest BCUT2D eigenvalue weighted by Crippen LogP contribution is -2.37. The third kappa shape index (κ3) is 2.83. The number of nitrogens with zero attached hydrogens (tertiary/aromatic N) is 3. The molecule has 2 saturated heterocycles. The maximum Gasteiger partial charge on any atom is 0.129 e. The van der Waals surface area contributed by atoms with E-state index in [-0.39, 0.29) is 0 Å². The van der Waals surface area contributed by atoms with Crippen LogP contribution >= 0.6 is 23.2 Å². The number of halogens is 2. The monoisotopic (exact) mass is 299 g/mol. The van der Waals surface area contributed by atoms with E-state index < -0.39 is 0 Å². The number of fused-ring (bicyclic) bond motifs is 1. The molecule has 3 heterocycles. The second-order valence-corrected chi connectivity index (χ2v) is 6.04. The van der Waals surface area contributed by atoms with Crippen molar-refractivity contribution in [2.75, 3.05) is 31.1 Å². The predicted octanol–water partition coefficient (Wildman–Crippen LogP) is 3.15. The summed E-state index contributed by atoms with van der Waals surface area (Å²) in [4.78, 5) is 9.63. The number of pyridine rings is 1. The third-order valence-electron chi connectivity index (χ3n) is 4.16.